The number of hydrogen-bond acceptors (Lipinski definition) is 4. The fraction of sp³-hybridized carbons (Fsp3) is 0.389. The van der Waals surface area contributed by atoms with Crippen LogP contribution in [0.15, 0.2) is 41.1 Å². The number of urea groups is 1. The minimum Gasteiger partial charge on any atom is -0.496 e. The molecule has 6 heteroatoms. The van der Waals surface area contributed by atoms with Crippen molar-refractivity contribution in [3.8, 4) is 5.75 Å². The van der Waals surface area contributed by atoms with E-state index in [2.05, 4.69) is 10.6 Å². The summed E-state index contributed by atoms with van der Waals surface area (Å²) in [5.74, 6) is 0.928. The Bertz CT molecular complexity index is 656. The molecule has 130 valence electrons. The van der Waals surface area contributed by atoms with E-state index in [0.29, 0.717) is 6.54 Å². The van der Waals surface area contributed by atoms with Crippen LogP contribution in [0.4, 0.5) is 4.79 Å². The monoisotopic (exact) mass is 348 g/mol. The third kappa shape index (κ3) is 4.72. The van der Waals surface area contributed by atoms with Crippen LogP contribution in [0.1, 0.15) is 30.9 Å². The molecule has 1 aromatic heterocycles. The fourth-order valence-electron chi connectivity index (χ4n) is 2.42. The lowest BCUT2D eigenvalue weighted by Gasteiger charge is -2.23. The lowest BCUT2D eigenvalue weighted by molar-refractivity contribution is 0.0598. The van der Waals surface area contributed by atoms with E-state index in [4.69, 9.17) is 4.74 Å². The molecular weight excluding hydrogens is 324 g/mol. The number of benzene rings is 1. The number of para-hydroxylation sites is 1. The number of amides is 2. The Labute approximate surface area is 146 Å². The van der Waals surface area contributed by atoms with Crippen LogP contribution in [0.3, 0.4) is 0 Å². The van der Waals surface area contributed by atoms with Gasteiger partial charge in [-0.05, 0) is 40.9 Å². The molecule has 5 nitrogen and oxygen atoms in total. The normalized spacial score (nSPS) is 14.5. The standard InChI is InChI=1S/C18H24N2O3S/c1-13(15-6-4-5-7-16(15)23-3)10-19-17(21)20-12-18(2,22)14-8-9-24-11-14/h4-9,11,13,22H,10,12H2,1-3H3,(H2,19,20,21). The summed E-state index contributed by atoms with van der Waals surface area (Å²) >= 11 is 1.52. The van der Waals surface area contributed by atoms with Crippen molar-refractivity contribution in [2.75, 3.05) is 20.2 Å². The lowest BCUT2D eigenvalue weighted by Crippen LogP contribution is -2.44. The molecule has 0 bridgehead atoms. The third-order valence-electron chi connectivity index (χ3n) is 3.97. The van der Waals surface area contributed by atoms with E-state index in [1.807, 2.05) is 48.0 Å². The van der Waals surface area contributed by atoms with E-state index < -0.39 is 5.60 Å². The second-order valence-electron chi connectivity index (χ2n) is 5.99. The summed E-state index contributed by atoms with van der Waals surface area (Å²) in [6.45, 7) is 4.35. The number of nitrogens with one attached hydrogen (secondary N) is 2. The van der Waals surface area contributed by atoms with E-state index in [9.17, 15) is 9.90 Å². The molecule has 2 rings (SSSR count). The van der Waals surface area contributed by atoms with Crippen LogP contribution in [0.2, 0.25) is 0 Å². The first-order valence-corrected chi connectivity index (χ1v) is 8.78. The Morgan fingerprint density at radius 1 is 1.33 bits per heavy atom. The maximum Gasteiger partial charge on any atom is 0.314 e. The molecule has 1 aromatic carbocycles. The lowest BCUT2D eigenvalue weighted by atomic mass is 9.99. The van der Waals surface area contributed by atoms with E-state index in [0.717, 1.165) is 16.9 Å². The number of carbonyl (C=O) groups is 1. The molecular formula is C18H24N2O3S. The van der Waals surface area contributed by atoms with E-state index in [1.165, 1.54) is 11.3 Å². The van der Waals surface area contributed by atoms with Crippen LogP contribution in [-0.4, -0.2) is 31.3 Å². The number of thiophene rings is 1. The Morgan fingerprint density at radius 2 is 2.08 bits per heavy atom. The molecule has 0 aliphatic rings. The minimum absolute atomic E-state index is 0.115. The predicted molar refractivity (Wildman–Crippen MR) is 96.7 cm³/mol. The summed E-state index contributed by atoms with van der Waals surface area (Å²) in [5.41, 5.74) is 0.770. The van der Waals surface area contributed by atoms with Gasteiger partial charge in [0.05, 0.1) is 13.7 Å². The first kappa shape index (κ1) is 18.3. The molecule has 0 fully saturated rings. The minimum atomic E-state index is -1.08. The van der Waals surface area contributed by atoms with Gasteiger partial charge < -0.3 is 20.5 Å². The summed E-state index contributed by atoms with van der Waals surface area (Å²) in [7, 11) is 1.64. The zero-order valence-corrected chi connectivity index (χ0v) is 15.0. The molecule has 0 spiro atoms. The SMILES string of the molecule is COc1ccccc1C(C)CNC(=O)NCC(C)(O)c1ccsc1. The van der Waals surface area contributed by atoms with Crippen LogP contribution in [0, 0.1) is 0 Å². The molecule has 2 aromatic rings. The average Bonchev–Trinajstić information content (AvgIpc) is 3.13. The van der Waals surface area contributed by atoms with Crippen LogP contribution < -0.4 is 15.4 Å². The van der Waals surface area contributed by atoms with Crippen LogP contribution in [-0.2, 0) is 5.60 Å². The van der Waals surface area contributed by atoms with Gasteiger partial charge in [-0.15, -0.1) is 0 Å². The van der Waals surface area contributed by atoms with Crippen molar-refractivity contribution in [2.45, 2.75) is 25.4 Å². The number of hydrogen-bond donors (Lipinski definition) is 3. The number of ether oxygens (including phenoxy) is 1. The molecule has 2 unspecified atom stereocenters. The Hall–Kier alpha value is -2.05. The van der Waals surface area contributed by atoms with Crippen LogP contribution in [0.25, 0.3) is 0 Å². The zero-order valence-electron chi connectivity index (χ0n) is 14.2. The average molecular weight is 348 g/mol. The van der Waals surface area contributed by atoms with E-state index in [1.54, 1.807) is 14.0 Å². The number of rotatable bonds is 7. The van der Waals surface area contributed by atoms with Gasteiger partial charge >= 0.3 is 6.03 Å². The molecule has 0 saturated heterocycles. The van der Waals surface area contributed by atoms with Gasteiger partial charge in [-0.2, -0.15) is 11.3 Å². The quantitative estimate of drug-likeness (QED) is 0.720. The van der Waals surface area contributed by atoms with Gasteiger partial charge in [0.15, 0.2) is 0 Å². The Morgan fingerprint density at radius 3 is 2.75 bits per heavy atom. The highest BCUT2D eigenvalue weighted by atomic mass is 32.1. The van der Waals surface area contributed by atoms with Gasteiger partial charge in [0.25, 0.3) is 0 Å². The summed E-state index contributed by atoms with van der Waals surface area (Å²) in [6.07, 6.45) is 0. The van der Waals surface area contributed by atoms with Crippen LogP contribution in [0.5, 0.6) is 5.75 Å². The van der Waals surface area contributed by atoms with Gasteiger partial charge in [0.1, 0.15) is 11.4 Å². The molecule has 1 heterocycles. The van der Waals surface area contributed by atoms with Crippen molar-refractivity contribution in [1.29, 1.82) is 0 Å². The molecule has 3 N–H and O–H groups in total. The smallest absolute Gasteiger partial charge is 0.314 e. The van der Waals surface area contributed by atoms with Gasteiger partial charge in [-0.3, -0.25) is 0 Å². The van der Waals surface area contributed by atoms with Gasteiger partial charge in [0, 0.05) is 12.5 Å². The first-order chi connectivity index (χ1) is 11.4. The summed E-state index contributed by atoms with van der Waals surface area (Å²) in [5, 5.41) is 19.7. The predicted octanol–water partition coefficient (Wildman–Crippen LogP) is 3.07. The molecule has 24 heavy (non-hydrogen) atoms. The van der Waals surface area contributed by atoms with Crippen LogP contribution >= 0.6 is 11.3 Å². The van der Waals surface area contributed by atoms with Gasteiger partial charge in [-0.25, -0.2) is 4.79 Å². The number of carbonyl (C=O) groups excluding carboxylic acids is 1. The number of methoxy groups -OCH3 is 1. The fourth-order valence-corrected chi connectivity index (χ4v) is 3.20. The summed E-state index contributed by atoms with van der Waals surface area (Å²) < 4.78 is 5.35. The second kappa shape index (κ2) is 8.17. The molecule has 2 amide bonds. The van der Waals surface area contributed by atoms with Crippen molar-refractivity contribution in [2.24, 2.45) is 0 Å². The molecule has 0 radical (unpaired) electrons. The molecule has 2 atom stereocenters. The van der Waals surface area contributed by atoms with Crippen molar-refractivity contribution in [3.63, 3.8) is 0 Å². The van der Waals surface area contributed by atoms with Gasteiger partial charge in [0.2, 0.25) is 0 Å². The number of aliphatic hydroxyl groups is 1. The van der Waals surface area contributed by atoms with E-state index >= 15 is 0 Å². The van der Waals surface area contributed by atoms with Crippen molar-refractivity contribution >= 4 is 17.4 Å². The first-order valence-electron chi connectivity index (χ1n) is 7.83. The second-order valence-corrected chi connectivity index (χ2v) is 6.77. The molecule has 0 aliphatic carbocycles. The molecule has 0 saturated carbocycles. The van der Waals surface area contributed by atoms with E-state index in [-0.39, 0.29) is 18.5 Å². The zero-order chi connectivity index (χ0) is 17.6. The molecule has 0 aliphatic heterocycles. The highest BCUT2D eigenvalue weighted by Crippen LogP contribution is 2.25. The largest absolute Gasteiger partial charge is 0.496 e. The summed E-state index contributed by atoms with van der Waals surface area (Å²) in [6, 6.07) is 9.32. The maximum atomic E-state index is 12.0. The van der Waals surface area contributed by atoms with Gasteiger partial charge in [-0.1, -0.05) is 25.1 Å². The van der Waals surface area contributed by atoms with Crippen molar-refractivity contribution < 1.29 is 14.6 Å². The van der Waals surface area contributed by atoms with Crippen molar-refractivity contribution in [3.05, 3.63) is 52.2 Å². The Kier molecular flexibility index (Phi) is 6.23. The van der Waals surface area contributed by atoms with Crippen molar-refractivity contribution in [1.82, 2.24) is 10.6 Å². The highest BCUT2D eigenvalue weighted by Gasteiger charge is 2.24. The maximum absolute atomic E-state index is 12.0. The third-order valence-corrected chi connectivity index (χ3v) is 4.66. The Balaban J connectivity index is 1.83. The topological polar surface area (TPSA) is 70.6 Å². The highest BCUT2D eigenvalue weighted by molar-refractivity contribution is 7.08. The summed E-state index contributed by atoms with van der Waals surface area (Å²) in [4.78, 5) is 12.0.